The molecule has 0 atom stereocenters. The van der Waals surface area contributed by atoms with Gasteiger partial charge >= 0.3 is 0 Å². The standard InChI is InChI=1S/C16H20N2O3S2/c1-12-16(11-15(22-12)14-8-9-17-21-14)23(19,20)18-10-7-13-5-3-2-4-6-13/h5,8-9,11,18H,2-4,6-7,10H2,1H3. The minimum Gasteiger partial charge on any atom is -0.355 e. The predicted octanol–water partition coefficient (Wildman–Crippen LogP) is 3.88. The van der Waals surface area contributed by atoms with Crippen LogP contribution in [0.4, 0.5) is 0 Å². The van der Waals surface area contributed by atoms with E-state index in [0.717, 1.165) is 29.0 Å². The Balaban J connectivity index is 1.68. The number of aryl methyl sites for hydroxylation is 1. The lowest BCUT2D eigenvalue weighted by Gasteiger charge is -2.13. The molecular formula is C16H20N2O3S2. The smallest absolute Gasteiger partial charge is 0.241 e. The van der Waals surface area contributed by atoms with Crippen molar-refractivity contribution in [1.29, 1.82) is 0 Å². The van der Waals surface area contributed by atoms with Gasteiger partial charge in [0.15, 0.2) is 5.76 Å². The van der Waals surface area contributed by atoms with Crippen molar-refractivity contribution >= 4 is 21.4 Å². The lowest BCUT2D eigenvalue weighted by atomic mass is 9.97. The van der Waals surface area contributed by atoms with Crippen LogP contribution in [0.25, 0.3) is 10.6 Å². The first-order chi connectivity index (χ1) is 11.1. The van der Waals surface area contributed by atoms with E-state index in [2.05, 4.69) is 16.0 Å². The molecule has 0 radical (unpaired) electrons. The molecule has 0 saturated heterocycles. The molecule has 0 aromatic carbocycles. The maximum absolute atomic E-state index is 12.5. The van der Waals surface area contributed by atoms with Crippen LogP contribution in [0, 0.1) is 6.92 Å². The van der Waals surface area contributed by atoms with Gasteiger partial charge in [-0.05, 0) is 45.1 Å². The summed E-state index contributed by atoms with van der Waals surface area (Å²) in [6.07, 6.45) is 9.25. The summed E-state index contributed by atoms with van der Waals surface area (Å²) in [6.45, 7) is 2.25. The molecule has 0 aliphatic heterocycles. The molecule has 23 heavy (non-hydrogen) atoms. The Bertz CT molecular complexity index is 789. The summed E-state index contributed by atoms with van der Waals surface area (Å²) in [5.74, 6) is 0.590. The number of sulfonamides is 1. The number of nitrogens with one attached hydrogen (secondary N) is 1. The zero-order valence-electron chi connectivity index (χ0n) is 13.0. The Kier molecular flexibility index (Phi) is 4.99. The third-order valence-electron chi connectivity index (χ3n) is 3.97. The largest absolute Gasteiger partial charge is 0.355 e. The summed E-state index contributed by atoms with van der Waals surface area (Å²) >= 11 is 1.40. The van der Waals surface area contributed by atoms with Crippen molar-refractivity contribution in [2.75, 3.05) is 6.54 Å². The third-order valence-corrected chi connectivity index (χ3v) is 6.75. The maximum atomic E-state index is 12.5. The number of thiophene rings is 1. The number of hydrogen-bond donors (Lipinski definition) is 1. The van der Waals surface area contributed by atoms with Crippen LogP contribution in [0.5, 0.6) is 0 Å². The number of aromatic nitrogens is 1. The molecule has 0 saturated carbocycles. The van der Waals surface area contributed by atoms with Gasteiger partial charge in [0, 0.05) is 17.5 Å². The molecule has 0 fully saturated rings. The number of allylic oxidation sites excluding steroid dienone is 1. The topological polar surface area (TPSA) is 72.2 Å². The molecule has 1 N–H and O–H groups in total. The molecule has 3 rings (SSSR count). The molecule has 124 valence electrons. The van der Waals surface area contributed by atoms with Gasteiger partial charge in [-0.15, -0.1) is 11.3 Å². The Hall–Kier alpha value is -1.44. The van der Waals surface area contributed by atoms with Crippen LogP contribution in [0.2, 0.25) is 0 Å². The molecule has 0 spiro atoms. The van der Waals surface area contributed by atoms with Crippen LogP contribution < -0.4 is 4.72 Å². The second-order valence-corrected chi connectivity index (χ2v) is 8.66. The van der Waals surface area contributed by atoms with Gasteiger partial charge in [0.1, 0.15) is 0 Å². The quantitative estimate of drug-likeness (QED) is 0.801. The Labute approximate surface area is 140 Å². The molecule has 1 aliphatic carbocycles. The summed E-state index contributed by atoms with van der Waals surface area (Å²) < 4.78 is 32.8. The first kappa shape index (κ1) is 16.4. The molecule has 0 amide bonds. The van der Waals surface area contributed by atoms with E-state index in [-0.39, 0.29) is 0 Å². The van der Waals surface area contributed by atoms with Crippen LogP contribution in [0.3, 0.4) is 0 Å². The van der Waals surface area contributed by atoms with E-state index in [1.165, 1.54) is 29.8 Å². The fraction of sp³-hybridized carbons (Fsp3) is 0.438. The van der Waals surface area contributed by atoms with Gasteiger partial charge in [-0.2, -0.15) is 0 Å². The van der Waals surface area contributed by atoms with E-state index in [1.54, 1.807) is 18.3 Å². The summed E-state index contributed by atoms with van der Waals surface area (Å²) in [7, 11) is -3.49. The van der Waals surface area contributed by atoms with E-state index in [0.29, 0.717) is 17.2 Å². The van der Waals surface area contributed by atoms with Crippen molar-refractivity contribution in [3.63, 3.8) is 0 Å². The van der Waals surface area contributed by atoms with Gasteiger partial charge in [0.2, 0.25) is 10.0 Å². The molecule has 0 bridgehead atoms. The predicted molar refractivity (Wildman–Crippen MR) is 90.9 cm³/mol. The van der Waals surface area contributed by atoms with Crippen molar-refractivity contribution in [1.82, 2.24) is 9.88 Å². The van der Waals surface area contributed by atoms with Crippen LogP contribution in [0.1, 0.15) is 37.0 Å². The van der Waals surface area contributed by atoms with Crippen LogP contribution in [-0.4, -0.2) is 20.1 Å². The molecule has 2 heterocycles. The van der Waals surface area contributed by atoms with Crippen molar-refractivity contribution in [3.05, 3.63) is 34.9 Å². The molecule has 0 unspecified atom stereocenters. The molecule has 2 aromatic heterocycles. The number of rotatable bonds is 6. The molecule has 2 aromatic rings. The maximum Gasteiger partial charge on any atom is 0.241 e. The monoisotopic (exact) mass is 352 g/mol. The van der Waals surface area contributed by atoms with E-state index in [1.807, 2.05) is 6.92 Å². The average molecular weight is 352 g/mol. The second-order valence-electron chi connectivity index (χ2n) is 5.66. The van der Waals surface area contributed by atoms with E-state index < -0.39 is 10.0 Å². The molecule has 1 aliphatic rings. The summed E-state index contributed by atoms with van der Waals surface area (Å²) in [4.78, 5) is 1.85. The van der Waals surface area contributed by atoms with Crippen molar-refractivity contribution in [3.8, 4) is 10.6 Å². The number of hydrogen-bond acceptors (Lipinski definition) is 5. The van der Waals surface area contributed by atoms with E-state index in [4.69, 9.17) is 4.52 Å². The van der Waals surface area contributed by atoms with E-state index >= 15 is 0 Å². The second kappa shape index (κ2) is 6.98. The lowest BCUT2D eigenvalue weighted by Crippen LogP contribution is -2.25. The van der Waals surface area contributed by atoms with Crippen molar-refractivity contribution in [2.45, 2.75) is 43.9 Å². The van der Waals surface area contributed by atoms with Gasteiger partial charge in [0.05, 0.1) is 16.0 Å². The van der Waals surface area contributed by atoms with Crippen LogP contribution in [-0.2, 0) is 10.0 Å². The van der Waals surface area contributed by atoms with Crippen LogP contribution in [0.15, 0.2) is 39.4 Å². The number of nitrogens with zero attached hydrogens (tertiary/aromatic N) is 1. The first-order valence-corrected chi connectivity index (χ1v) is 10.1. The normalized spacial score (nSPS) is 15.6. The minimum absolute atomic E-state index is 0.325. The Morgan fingerprint density at radius 3 is 2.96 bits per heavy atom. The third kappa shape index (κ3) is 3.91. The van der Waals surface area contributed by atoms with Gasteiger partial charge in [-0.3, -0.25) is 0 Å². The van der Waals surface area contributed by atoms with Crippen molar-refractivity contribution < 1.29 is 12.9 Å². The SMILES string of the molecule is Cc1sc(-c2ccno2)cc1S(=O)(=O)NCCC1=CCCCC1. The summed E-state index contributed by atoms with van der Waals surface area (Å²) in [6, 6.07) is 3.38. The van der Waals surface area contributed by atoms with Gasteiger partial charge in [0.25, 0.3) is 0 Å². The fourth-order valence-corrected chi connectivity index (χ4v) is 5.33. The molecule has 7 heteroatoms. The highest BCUT2D eigenvalue weighted by molar-refractivity contribution is 7.89. The van der Waals surface area contributed by atoms with Gasteiger partial charge < -0.3 is 4.52 Å². The zero-order valence-corrected chi connectivity index (χ0v) is 14.7. The average Bonchev–Trinajstić information content (AvgIpc) is 3.17. The van der Waals surface area contributed by atoms with Gasteiger partial charge in [-0.25, -0.2) is 13.1 Å². The minimum atomic E-state index is -3.49. The van der Waals surface area contributed by atoms with Crippen LogP contribution >= 0.6 is 11.3 Å². The highest BCUT2D eigenvalue weighted by Gasteiger charge is 2.21. The Morgan fingerprint density at radius 1 is 1.39 bits per heavy atom. The Morgan fingerprint density at radius 2 is 2.26 bits per heavy atom. The van der Waals surface area contributed by atoms with E-state index in [9.17, 15) is 8.42 Å². The molecular weight excluding hydrogens is 332 g/mol. The lowest BCUT2D eigenvalue weighted by molar-refractivity contribution is 0.433. The highest BCUT2D eigenvalue weighted by atomic mass is 32.2. The summed E-state index contributed by atoms with van der Waals surface area (Å²) in [5, 5.41) is 3.66. The highest BCUT2D eigenvalue weighted by Crippen LogP contribution is 2.33. The first-order valence-electron chi connectivity index (χ1n) is 7.75. The zero-order chi connectivity index (χ0) is 16.3. The van der Waals surface area contributed by atoms with Crippen molar-refractivity contribution in [2.24, 2.45) is 0 Å². The molecule has 5 nitrogen and oxygen atoms in total. The van der Waals surface area contributed by atoms with Gasteiger partial charge in [-0.1, -0.05) is 16.8 Å². The summed E-state index contributed by atoms with van der Waals surface area (Å²) in [5.41, 5.74) is 1.36. The fourth-order valence-electron chi connectivity index (χ4n) is 2.75.